The summed E-state index contributed by atoms with van der Waals surface area (Å²) in [5, 5.41) is 8.98. The summed E-state index contributed by atoms with van der Waals surface area (Å²) in [6, 6.07) is 10.8. The molecule has 0 saturated heterocycles. The van der Waals surface area contributed by atoms with Crippen LogP contribution >= 0.6 is 15.9 Å². The first-order valence-electron chi connectivity index (χ1n) is 6.87. The lowest BCUT2D eigenvalue weighted by Crippen LogP contribution is -2.27. The second-order valence-electron chi connectivity index (χ2n) is 5.33. The normalized spacial score (nSPS) is 12.0. The Hall–Kier alpha value is -1.72. The SMILES string of the molecule is Cc1cc(CC(C(=O)NO)c2ccc(Br)cc2)cc(C)c1F. The van der Waals surface area contributed by atoms with Crippen molar-refractivity contribution in [2.75, 3.05) is 0 Å². The topological polar surface area (TPSA) is 49.3 Å². The van der Waals surface area contributed by atoms with Crippen LogP contribution in [0.15, 0.2) is 40.9 Å². The average Bonchev–Trinajstić information content (AvgIpc) is 2.50. The van der Waals surface area contributed by atoms with Crippen molar-refractivity contribution in [1.29, 1.82) is 0 Å². The van der Waals surface area contributed by atoms with E-state index in [9.17, 15) is 9.18 Å². The molecule has 0 radical (unpaired) electrons. The Bertz CT molecular complexity index is 663. The molecule has 116 valence electrons. The van der Waals surface area contributed by atoms with Crippen LogP contribution in [0, 0.1) is 19.7 Å². The summed E-state index contributed by atoms with van der Waals surface area (Å²) in [7, 11) is 0. The molecule has 0 bridgehead atoms. The van der Waals surface area contributed by atoms with Crippen LogP contribution in [0.25, 0.3) is 0 Å². The Kier molecular flexibility index (Phi) is 5.32. The van der Waals surface area contributed by atoms with Gasteiger partial charge in [0.2, 0.25) is 0 Å². The van der Waals surface area contributed by atoms with Crippen molar-refractivity contribution in [3.8, 4) is 0 Å². The minimum absolute atomic E-state index is 0.226. The van der Waals surface area contributed by atoms with E-state index in [0.717, 1.165) is 15.6 Å². The van der Waals surface area contributed by atoms with Crippen LogP contribution in [0.5, 0.6) is 0 Å². The molecule has 3 nitrogen and oxygen atoms in total. The molecular formula is C17H17BrFNO2. The van der Waals surface area contributed by atoms with Gasteiger partial charge in [0.05, 0.1) is 5.92 Å². The Morgan fingerprint density at radius 2 is 1.77 bits per heavy atom. The molecule has 0 spiro atoms. The Morgan fingerprint density at radius 1 is 1.23 bits per heavy atom. The smallest absolute Gasteiger partial charge is 0.251 e. The quantitative estimate of drug-likeness (QED) is 0.634. The zero-order valence-electron chi connectivity index (χ0n) is 12.4. The van der Waals surface area contributed by atoms with E-state index < -0.39 is 11.8 Å². The maximum Gasteiger partial charge on any atom is 0.251 e. The molecule has 22 heavy (non-hydrogen) atoms. The highest BCUT2D eigenvalue weighted by Crippen LogP contribution is 2.25. The number of nitrogens with one attached hydrogen (secondary N) is 1. The summed E-state index contributed by atoms with van der Waals surface area (Å²) in [5.74, 6) is -1.25. The van der Waals surface area contributed by atoms with Crippen molar-refractivity contribution in [2.45, 2.75) is 26.2 Å². The number of aryl methyl sites for hydroxylation is 2. The van der Waals surface area contributed by atoms with Gasteiger partial charge >= 0.3 is 0 Å². The van der Waals surface area contributed by atoms with Gasteiger partial charge in [0.1, 0.15) is 5.82 Å². The Labute approximate surface area is 137 Å². The van der Waals surface area contributed by atoms with Crippen molar-refractivity contribution in [3.63, 3.8) is 0 Å². The van der Waals surface area contributed by atoms with Gasteiger partial charge in [-0.1, -0.05) is 40.2 Å². The monoisotopic (exact) mass is 365 g/mol. The van der Waals surface area contributed by atoms with E-state index in [-0.39, 0.29) is 5.82 Å². The molecule has 2 aromatic rings. The summed E-state index contributed by atoms with van der Waals surface area (Å²) in [5.41, 5.74) is 4.46. The number of benzene rings is 2. The number of carbonyl (C=O) groups is 1. The van der Waals surface area contributed by atoms with Gasteiger partial charge in [-0.25, -0.2) is 9.87 Å². The third-order valence-corrected chi connectivity index (χ3v) is 4.16. The van der Waals surface area contributed by atoms with Gasteiger partial charge in [0, 0.05) is 4.47 Å². The van der Waals surface area contributed by atoms with Gasteiger partial charge in [-0.15, -0.1) is 0 Å². The number of amides is 1. The second kappa shape index (κ2) is 7.03. The standard InChI is InChI=1S/C17H17BrFNO2/c1-10-7-12(8-11(2)16(10)19)9-15(17(21)20-22)13-3-5-14(18)6-4-13/h3-8,15,22H,9H2,1-2H3,(H,20,21). The predicted molar refractivity (Wildman–Crippen MR) is 86.4 cm³/mol. The lowest BCUT2D eigenvalue weighted by atomic mass is 9.90. The molecule has 0 aromatic heterocycles. The highest BCUT2D eigenvalue weighted by atomic mass is 79.9. The van der Waals surface area contributed by atoms with Crippen molar-refractivity contribution < 1.29 is 14.4 Å². The average molecular weight is 366 g/mol. The molecule has 0 heterocycles. The molecule has 0 aliphatic rings. The van der Waals surface area contributed by atoms with Gasteiger partial charge in [-0.2, -0.15) is 0 Å². The fourth-order valence-corrected chi connectivity index (χ4v) is 2.79. The fraction of sp³-hybridized carbons (Fsp3) is 0.235. The van der Waals surface area contributed by atoms with Gasteiger partial charge in [-0.05, 0) is 54.7 Å². The molecule has 2 aromatic carbocycles. The molecule has 1 unspecified atom stereocenters. The van der Waals surface area contributed by atoms with Gasteiger partial charge in [-0.3, -0.25) is 10.0 Å². The zero-order chi connectivity index (χ0) is 16.3. The summed E-state index contributed by atoms with van der Waals surface area (Å²) in [4.78, 5) is 12.0. The number of hydrogen-bond acceptors (Lipinski definition) is 2. The third kappa shape index (κ3) is 3.72. The summed E-state index contributed by atoms with van der Waals surface area (Å²) < 4.78 is 14.6. The van der Waals surface area contributed by atoms with Crippen molar-refractivity contribution in [3.05, 3.63) is 68.9 Å². The number of carbonyl (C=O) groups excluding carboxylic acids is 1. The molecule has 1 atom stereocenters. The van der Waals surface area contributed by atoms with E-state index in [1.54, 1.807) is 31.5 Å². The van der Waals surface area contributed by atoms with Gasteiger partial charge < -0.3 is 0 Å². The van der Waals surface area contributed by atoms with E-state index in [0.29, 0.717) is 17.5 Å². The van der Waals surface area contributed by atoms with Crippen LogP contribution in [0.2, 0.25) is 0 Å². The molecule has 1 amide bonds. The fourth-order valence-electron chi connectivity index (χ4n) is 2.52. The second-order valence-corrected chi connectivity index (χ2v) is 6.24. The van der Waals surface area contributed by atoms with Crippen LogP contribution < -0.4 is 5.48 Å². The number of hydroxylamine groups is 1. The molecule has 0 saturated carbocycles. The first-order chi connectivity index (χ1) is 10.4. The summed E-state index contributed by atoms with van der Waals surface area (Å²) in [6.07, 6.45) is 0.385. The van der Waals surface area contributed by atoms with Crippen LogP contribution in [0.4, 0.5) is 4.39 Å². The molecule has 0 aliphatic heterocycles. The molecule has 2 rings (SSSR count). The minimum atomic E-state index is -0.539. The van der Waals surface area contributed by atoms with Crippen LogP contribution in [0.3, 0.4) is 0 Å². The van der Waals surface area contributed by atoms with Crippen molar-refractivity contribution in [1.82, 2.24) is 5.48 Å². The van der Waals surface area contributed by atoms with E-state index in [1.807, 2.05) is 24.3 Å². The van der Waals surface area contributed by atoms with Crippen molar-refractivity contribution in [2.24, 2.45) is 0 Å². The predicted octanol–water partition coefficient (Wildman–Crippen LogP) is 4.04. The van der Waals surface area contributed by atoms with Gasteiger partial charge in [0.15, 0.2) is 0 Å². The lowest BCUT2D eigenvalue weighted by molar-refractivity contribution is -0.130. The summed E-state index contributed by atoms with van der Waals surface area (Å²) >= 11 is 3.35. The maximum atomic E-state index is 13.7. The lowest BCUT2D eigenvalue weighted by Gasteiger charge is -2.16. The largest absolute Gasteiger partial charge is 0.289 e. The molecule has 5 heteroatoms. The molecule has 0 aliphatic carbocycles. The van der Waals surface area contributed by atoms with Gasteiger partial charge in [0.25, 0.3) is 5.91 Å². The van der Waals surface area contributed by atoms with E-state index in [1.165, 1.54) is 0 Å². The van der Waals surface area contributed by atoms with Crippen LogP contribution in [-0.2, 0) is 11.2 Å². The number of rotatable bonds is 4. The summed E-state index contributed by atoms with van der Waals surface area (Å²) in [6.45, 7) is 3.40. The highest BCUT2D eigenvalue weighted by molar-refractivity contribution is 9.10. The van der Waals surface area contributed by atoms with E-state index in [2.05, 4.69) is 15.9 Å². The highest BCUT2D eigenvalue weighted by Gasteiger charge is 2.21. The molecule has 2 N–H and O–H groups in total. The zero-order valence-corrected chi connectivity index (χ0v) is 13.9. The minimum Gasteiger partial charge on any atom is -0.289 e. The van der Waals surface area contributed by atoms with Crippen LogP contribution in [0.1, 0.15) is 28.2 Å². The van der Waals surface area contributed by atoms with Crippen molar-refractivity contribution >= 4 is 21.8 Å². The third-order valence-electron chi connectivity index (χ3n) is 3.64. The van der Waals surface area contributed by atoms with Crippen LogP contribution in [-0.4, -0.2) is 11.1 Å². The van der Waals surface area contributed by atoms with E-state index >= 15 is 0 Å². The Morgan fingerprint density at radius 3 is 2.27 bits per heavy atom. The molecule has 0 fully saturated rings. The first kappa shape index (κ1) is 16.6. The molecular weight excluding hydrogens is 349 g/mol. The first-order valence-corrected chi connectivity index (χ1v) is 7.66. The number of hydrogen-bond donors (Lipinski definition) is 2. The maximum absolute atomic E-state index is 13.7. The Balaban J connectivity index is 2.35. The van der Waals surface area contributed by atoms with E-state index in [4.69, 9.17) is 5.21 Å². The number of halogens is 2.